The van der Waals surface area contributed by atoms with E-state index in [0.717, 1.165) is 0 Å². The maximum absolute atomic E-state index is 11.1. The quantitative estimate of drug-likeness (QED) is 0.557. The summed E-state index contributed by atoms with van der Waals surface area (Å²) in [6.45, 7) is 5.18. The number of likely N-dealkylation sites (N-methyl/N-ethyl adjacent to an activating group) is 1. The van der Waals surface area contributed by atoms with Crippen LogP contribution in [-0.4, -0.2) is 46.8 Å². The highest BCUT2D eigenvalue weighted by Crippen LogP contribution is 1.97. The lowest BCUT2D eigenvalue weighted by Gasteiger charge is -2.20. The summed E-state index contributed by atoms with van der Waals surface area (Å²) in [6, 6.07) is 0. The van der Waals surface area contributed by atoms with Gasteiger partial charge in [-0.1, -0.05) is 6.08 Å². The molecule has 70 valence electrons. The second kappa shape index (κ2) is 4.90. The summed E-state index contributed by atoms with van der Waals surface area (Å²) in [7, 11) is 1.54. The van der Waals surface area contributed by atoms with Crippen LogP contribution in [0.25, 0.3) is 0 Å². The molecule has 12 heavy (non-hydrogen) atoms. The third-order valence-corrected chi connectivity index (χ3v) is 1.49. The monoisotopic (exact) mass is 173 g/mol. The van der Waals surface area contributed by atoms with Crippen molar-refractivity contribution in [2.45, 2.75) is 19.1 Å². The van der Waals surface area contributed by atoms with Crippen molar-refractivity contribution in [2.24, 2.45) is 0 Å². The standard InChI is InChI=1S/C8H15NO3/c1-4-5-9(3)8(12)7(11)6(2)10/h4,6-7,10-11H,1,5H2,2-3H3/t6-,7+/m0/s1. The summed E-state index contributed by atoms with van der Waals surface area (Å²) in [6.07, 6.45) is -0.827. The van der Waals surface area contributed by atoms with E-state index in [9.17, 15) is 4.79 Å². The Morgan fingerprint density at radius 2 is 2.17 bits per heavy atom. The van der Waals surface area contributed by atoms with Gasteiger partial charge in [0.2, 0.25) is 0 Å². The first-order valence-electron chi connectivity index (χ1n) is 3.72. The van der Waals surface area contributed by atoms with E-state index in [4.69, 9.17) is 10.2 Å². The molecule has 4 heteroatoms. The van der Waals surface area contributed by atoms with Gasteiger partial charge in [0.1, 0.15) is 0 Å². The minimum atomic E-state index is -1.34. The van der Waals surface area contributed by atoms with E-state index in [2.05, 4.69) is 6.58 Å². The van der Waals surface area contributed by atoms with Gasteiger partial charge in [0.05, 0.1) is 6.10 Å². The van der Waals surface area contributed by atoms with E-state index >= 15 is 0 Å². The first kappa shape index (κ1) is 11.1. The average molecular weight is 173 g/mol. The topological polar surface area (TPSA) is 60.8 Å². The van der Waals surface area contributed by atoms with Crippen molar-refractivity contribution in [3.05, 3.63) is 12.7 Å². The maximum atomic E-state index is 11.1. The molecule has 0 spiro atoms. The fraction of sp³-hybridized carbons (Fsp3) is 0.625. The SMILES string of the molecule is C=CCN(C)C(=O)[C@H](O)[C@H](C)O. The molecule has 0 saturated heterocycles. The predicted octanol–water partition coefficient (Wildman–Crippen LogP) is -0.628. The predicted molar refractivity (Wildman–Crippen MR) is 45.5 cm³/mol. The largest absolute Gasteiger partial charge is 0.390 e. The summed E-state index contributed by atoms with van der Waals surface area (Å²) in [4.78, 5) is 12.4. The van der Waals surface area contributed by atoms with E-state index in [0.29, 0.717) is 6.54 Å². The number of amides is 1. The first-order valence-corrected chi connectivity index (χ1v) is 3.72. The van der Waals surface area contributed by atoms with E-state index in [1.54, 1.807) is 6.08 Å². The number of carbonyl (C=O) groups excluding carboxylic acids is 1. The number of carbonyl (C=O) groups is 1. The second-order valence-electron chi connectivity index (χ2n) is 2.69. The van der Waals surface area contributed by atoms with E-state index in [-0.39, 0.29) is 0 Å². The lowest BCUT2D eigenvalue weighted by molar-refractivity contribution is -0.143. The fourth-order valence-corrected chi connectivity index (χ4v) is 0.716. The minimum Gasteiger partial charge on any atom is -0.390 e. The zero-order valence-electron chi connectivity index (χ0n) is 7.40. The molecule has 0 fully saturated rings. The Morgan fingerprint density at radius 3 is 2.50 bits per heavy atom. The number of hydrogen-bond acceptors (Lipinski definition) is 3. The molecular formula is C8H15NO3. The number of hydrogen-bond donors (Lipinski definition) is 2. The molecule has 2 N–H and O–H groups in total. The normalized spacial score (nSPS) is 15.0. The third kappa shape index (κ3) is 3.02. The lowest BCUT2D eigenvalue weighted by Crippen LogP contribution is -2.42. The van der Waals surface area contributed by atoms with Crippen molar-refractivity contribution >= 4 is 5.91 Å². The van der Waals surface area contributed by atoms with Crippen LogP contribution in [0, 0.1) is 0 Å². The Bertz CT molecular complexity index is 168. The maximum Gasteiger partial charge on any atom is 0.254 e. The zero-order chi connectivity index (χ0) is 9.72. The van der Waals surface area contributed by atoms with Gasteiger partial charge in [-0.05, 0) is 6.92 Å². The van der Waals surface area contributed by atoms with Crippen LogP contribution < -0.4 is 0 Å². The number of rotatable bonds is 4. The molecule has 0 heterocycles. The second-order valence-corrected chi connectivity index (χ2v) is 2.69. The molecule has 0 radical (unpaired) electrons. The van der Waals surface area contributed by atoms with Crippen molar-refractivity contribution in [3.8, 4) is 0 Å². The van der Waals surface area contributed by atoms with Crippen LogP contribution in [0.5, 0.6) is 0 Å². The van der Waals surface area contributed by atoms with Crippen molar-refractivity contribution < 1.29 is 15.0 Å². The van der Waals surface area contributed by atoms with Crippen LogP contribution in [-0.2, 0) is 4.79 Å². The average Bonchev–Trinajstić information content (AvgIpc) is 2.02. The van der Waals surface area contributed by atoms with Crippen LogP contribution in [0.15, 0.2) is 12.7 Å². The smallest absolute Gasteiger partial charge is 0.254 e. The molecule has 0 aliphatic heterocycles. The summed E-state index contributed by atoms with van der Waals surface area (Å²) in [5.74, 6) is -0.495. The van der Waals surface area contributed by atoms with Crippen molar-refractivity contribution in [3.63, 3.8) is 0 Å². The summed E-state index contributed by atoms with van der Waals surface area (Å²) in [5.41, 5.74) is 0. The molecule has 0 saturated carbocycles. The fourth-order valence-electron chi connectivity index (χ4n) is 0.716. The van der Waals surface area contributed by atoms with Crippen molar-refractivity contribution in [1.82, 2.24) is 4.90 Å². The van der Waals surface area contributed by atoms with Gasteiger partial charge in [-0.15, -0.1) is 6.58 Å². The van der Waals surface area contributed by atoms with Gasteiger partial charge in [-0.25, -0.2) is 0 Å². The van der Waals surface area contributed by atoms with Gasteiger partial charge >= 0.3 is 0 Å². The highest BCUT2D eigenvalue weighted by atomic mass is 16.3. The Labute approximate surface area is 72.1 Å². The zero-order valence-corrected chi connectivity index (χ0v) is 7.40. The first-order chi connectivity index (χ1) is 5.50. The van der Waals surface area contributed by atoms with Crippen LogP contribution in [0.4, 0.5) is 0 Å². The minimum absolute atomic E-state index is 0.364. The molecule has 0 bridgehead atoms. The van der Waals surface area contributed by atoms with E-state index < -0.39 is 18.1 Å². The van der Waals surface area contributed by atoms with E-state index in [1.165, 1.54) is 18.9 Å². The Morgan fingerprint density at radius 1 is 1.67 bits per heavy atom. The summed E-state index contributed by atoms with van der Waals surface area (Å²) in [5, 5.41) is 18.0. The number of nitrogens with zero attached hydrogens (tertiary/aromatic N) is 1. The van der Waals surface area contributed by atoms with Gasteiger partial charge in [0.15, 0.2) is 6.10 Å². The molecule has 2 atom stereocenters. The molecular weight excluding hydrogens is 158 g/mol. The van der Waals surface area contributed by atoms with Gasteiger partial charge in [-0.2, -0.15) is 0 Å². The number of aliphatic hydroxyl groups is 2. The highest BCUT2D eigenvalue weighted by Gasteiger charge is 2.22. The van der Waals surface area contributed by atoms with Crippen LogP contribution in [0.1, 0.15) is 6.92 Å². The Hall–Kier alpha value is -0.870. The summed E-state index contributed by atoms with van der Waals surface area (Å²) >= 11 is 0. The summed E-state index contributed by atoms with van der Waals surface area (Å²) < 4.78 is 0. The van der Waals surface area contributed by atoms with Gasteiger partial charge < -0.3 is 15.1 Å². The lowest BCUT2D eigenvalue weighted by atomic mass is 10.2. The molecule has 0 aliphatic carbocycles. The molecule has 0 aromatic heterocycles. The molecule has 4 nitrogen and oxygen atoms in total. The Balaban J connectivity index is 4.08. The highest BCUT2D eigenvalue weighted by molar-refractivity contribution is 5.81. The molecule has 0 unspecified atom stereocenters. The van der Waals surface area contributed by atoms with Crippen LogP contribution in [0.2, 0.25) is 0 Å². The molecule has 0 aliphatic rings. The van der Waals surface area contributed by atoms with Gasteiger partial charge in [0.25, 0.3) is 5.91 Å². The van der Waals surface area contributed by atoms with Crippen molar-refractivity contribution in [1.29, 1.82) is 0 Å². The van der Waals surface area contributed by atoms with Crippen molar-refractivity contribution in [2.75, 3.05) is 13.6 Å². The molecule has 0 aromatic rings. The van der Waals surface area contributed by atoms with Gasteiger partial charge in [-0.3, -0.25) is 4.79 Å². The molecule has 0 rings (SSSR count). The molecule has 1 amide bonds. The van der Waals surface area contributed by atoms with Gasteiger partial charge in [0, 0.05) is 13.6 Å². The number of aliphatic hydroxyl groups excluding tert-OH is 2. The third-order valence-electron chi connectivity index (χ3n) is 1.49. The molecule has 0 aromatic carbocycles. The van der Waals surface area contributed by atoms with Crippen LogP contribution in [0.3, 0.4) is 0 Å². The van der Waals surface area contributed by atoms with Crippen LogP contribution >= 0.6 is 0 Å². The Kier molecular flexibility index (Phi) is 4.54. The van der Waals surface area contributed by atoms with E-state index in [1.807, 2.05) is 0 Å².